The Balaban J connectivity index is 1.46. The van der Waals surface area contributed by atoms with Crippen LogP contribution in [-0.4, -0.2) is 58.6 Å². The number of ether oxygens (including phenoxy) is 1. The highest BCUT2D eigenvalue weighted by Gasteiger charge is 2.74. The molecule has 2 bridgehead atoms. The molecule has 0 radical (unpaired) electrons. The first-order chi connectivity index (χ1) is 16.5. The number of hydrogen-bond donors (Lipinski definition) is 3. The SMILES string of the molecule is O=C(Nc1ccccc1Cl)C1N(CCCO)C(=O)[C@@H]2[C@@H](C(=O)Nc3ccccc3)[C@H]3CCC12O3. The molecule has 0 aliphatic carbocycles. The van der Waals surface area contributed by atoms with Crippen molar-refractivity contribution in [2.75, 3.05) is 23.8 Å². The number of benzene rings is 2. The van der Waals surface area contributed by atoms with E-state index in [-0.39, 0.29) is 25.0 Å². The molecular weight excluding hydrogens is 458 g/mol. The van der Waals surface area contributed by atoms with Gasteiger partial charge in [-0.15, -0.1) is 0 Å². The van der Waals surface area contributed by atoms with Crippen LogP contribution in [0.5, 0.6) is 0 Å². The van der Waals surface area contributed by atoms with Crippen molar-refractivity contribution in [2.24, 2.45) is 11.8 Å². The van der Waals surface area contributed by atoms with Crippen LogP contribution in [0.2, 0.25) is 5.02 Å². The van der Waals surface area contributed by atoms with E-state index in [0.717, 1.165) is 0 Å². The molecule has 3 aliphatic heterocycles. The molecule has 3 aliphatic rings. The van der Waals surface area contributed by atoms with Gasteiger partial charge in [0.25, 0.3) is 0 Å². The Bertz CT molecular complexity index is 1110. The van der Waals surface area contributed by atoms with Crippen LogP contribution in [0.25, 0.3) is 0 Å². The molecule has 3 fully saturated rings. The topological polar surface area (TPSA) is 108 Å². The molecule has 2 unspecified atom stereocenters. The maximum Gasteiger partial charge on any atom is 0.250 e. The number of hydrogen-bond acceptors (Lipinski definition) is 5. The number of likely N-dealkylation sites (tertiary alicyclic amines) is 1. The number of carbonyl (C=O) groups excluding carboxylic acids is 3. The zero-order valence-corrected chi connectivity index (χ0v) is 19.2. The highest BCUT2D eigenvalue weighted by molar-refractivity contribution is 6.33. The van der Waals surface area contributed by atoms with Gasteiger partial charge in [-0.05, 0) is 43.5 Å². The van der Waals surface area contributed by atoms with Gasteiger partial charge in [0.05, 0.1) is 28.6 Å². The molecule has 178 valence electrons. The van der Waals surface area contributed by atoms with Crippen LogP contribution in [0.1, 0.15) is 19.3 Å². The second-order valence-electron chi connectivity index (χ2n) is 8.99. The highest BCUT2D eigenvalue weighted by Crippen LogP contribution is 2.58. The fourth-order valence-electron chi connectivity index (χ4n) is 5.75. The van der Waals surface area contributed by atoms with Gasteiger partial charge in [-0.25, -0.2) is 0 Å². The van der Waals surface area contributed by atoms with Crippen LogP contribution in [-0.2, 0) is 19.1 Å². The number of carbonyl (C=O) groups is 3. The van der Waals surface area contributed by atoms with Crippen LogP contribution < -0.4 is 10.6 Å². The minimum absolute atomic E-state index is 0.123. The van der Waals surface area contributed by atoms with Crippen molar-refractivity contribution in [3.05, 3.63) is 59.6 Å². The quantitative estimate of drug-likeness (QED) is 0.561. The summed E-state index contributed by atoms with van der Waals surface area (Å²) in [5, 5.41) is 15.5. The average molecular weight is 484 g/mol. The van der Waals surface area contributed by atoms with E-state index in [1.54, 1.807) is 36.4 Å². The molecule has 0 saturated carbocycles. The number of halogens is 1. The lowest BCUT2D eigenvalue weighted by Gasteiger charge is -2.33. The predicted octanol–water partition coefficient (Wildman–Crippen LogP) is 2.67. The van der Waals surface area contributed by atoms with Gasteiger partial charge in [0.15, 0.2) is 0 Å². The number of para-hydroxylation sites is 2. The normalized spacial score (nSPS) is 29.2. The van der Waals surface area contributed by atoms with Crippen molar-refractivity contribution in [3.8, 4) is 0 Å². The van der Waals surface area contributed by atoms with Crippen LogP contribution in [0.15, 0.2) is 54.6 Å². The highest BCUT2D eigenvalue weighted by atomic mass is 35.5. The number of aliphatic hydroxyl groups is 1. The number of anilines is 2. The lowest BCUT2D eigenvalue weighted by Crippen LogP contribution is -2.53. The Morgan fingerprint density at radius 3 is 2.56 bits per heavy atom. The number of amides is 3. The lowest BCUT2D eigenvalue weighted by molar-refractivity contribution is -0.139. The van der Waals surface area contributed by atoms with E-state index in [1.807, 2.05) is 18.2 Å². The van der Waals surface area contributed by atoms with E-state index in [9.17, 15) is 19.5 Å². The van der Waals surface area contributed by atoms with Crippen LogP contribution >= 0.6 is 11.6 Å². The van der Waals surface area contributed by atoms with Gasteiger partial charge in [-0.1, -0.05) is 41.9 Å². The molecule has 5 rings (SSSR count). The second kappa shape index (κ2) is 9.02. The van der Waals surface area contributed by atoms with E-state index >= 15 is 0 Å². The summed E-state index contributed by atoms with van der Waals surface area (Å²) in [6, 6.07) is 15.0. The summed E-state index contributed by atoms with van der Waals surface area (Å²) in [6.45, 7) is 0.0664. The van der Waals surface area contributed by atoms with Gasteiger partial charge in [0.2, 0.25) is 17.7 Å². The molecular formula is C25H26ClN3O5. The largest absolute Gasteiger partial charge is 0.396 e. The van der Waals surface area contributed by atoms with Crippen LogP contribution in [0.4, 0.5) is 11.4 Å². The van der Waals surface area contributed by atoms with Crippen molar-refractivity contribution < 1.29 is 24.2 Å². The Morgan fingerprint density at radius 1 is 1.09 bits per heavy atom. The molecule has 1 spiro atoms. The monoisotopic (exact) mass is 483 g/mol. The maximum atomic E-state index is 13.7. The standard InChI is InChI=1S/C25H26ClN3O5/c26-16-9-4-5-10-17(16)28-23(32)21-25-12-11-18(34-25)19(20(25)24(33)29(21)13-6-14-30)22(31)27-15-7-2-1-3-8-15/h1-5,7-10,18-21,30H,6,11-14H2,(H,27,31)(H,28,32)/t18-,19+,20+,21?,25?/m1/s1. The number of aliphatic hydroxyl groups excluding tert-OH is 1. The Morgan fingerprint density at radius 2 is 1.82 bits per heavy atom. The summed E-state index contributed by atoms with van der Waals surface area (Å²) in [7, 11) is 0. The van der Waals surface area contributed by atoms with Gasteiger partial charge in [0, 0.05) is 18.8 Å². The predicted molar refractivity (Wildman–Crippen MR) is 126 cm³/mol. The van der Waals surface area contributed by atoms with Gasteiger partial charge < -0.3 is 25.4 Å². The van der Waals surface area contributed by atoms with E-state index in [2.05, 4.69) is 10.6 Å². The Labute approximate surface area is 202 Å². The van der Waals surface area contributed by atoms with Crippen molar-refractivity contribution >= 4 is 40.7 Å². The summed E-state index contributed by atoms with van der Waals surface area (Å²) in [5.74, 6) is -2.45. The van der Waals surface area contributed by atoms with E-state index < -0.39 is 35.5 Å². The number of rotatable bonds is 7. The molecule has 34 heavy (non-hydrogen) atoms. The Kier molecular flexibility index (Phi) is 6.06. The average Bonchev–Trinajstić information content (AvgIpc) is 3.47. The fraction of sp³-hybridized carbons (Fsp3) is 0.400. The van der Waals surface area contributed by atoms with Gasteiger partial charge >= 0.3 is 0 Å². The number of fused-ring (bicyclic) bond motifs is 1. The van der Waals surface area contributed by atoms with Gasteiger partial charge in [-0.2, -0.15) is 0 Å². The summed E-state index contributed by atoms with van der Waals surface area (Å²) < 4.78 is 6.36. The van der Waals surface area contributed by atoms with E-state index in [0.29, 0.717) is 35.7 Å². The van der Waals surface area contributed by atoms with E-state index in [1.165, 1.54) is 4.90 Å². The van der Waals surface area contributed by atoms with E-state index in [4.69, 9.17) is 16.3 Å². The van der Waals surface area contributed by atoms with Crippen molar-refractivity contribution in [2.45, 2.75) is 37.0 Å². The summed E-state index contributed by atoms with van der Waals surface area (Å²) >= 11 is 6.24. The van der Waals surface area contributed by atoms with Crippen LogP contribution in [0, 0.1) is 11.8 Å². The van der Waals surface area contributed by atoms with Crippen molar-refractivity contribution in [1.82, 2.24) is 4.90 Å². The molecule has 0 aromatic heterocycles. The van der Waals surface area contributed by atoms with Crippen molar-refractivity contribution in [3.63, 3.8) is 0 Å². The molecule has 5 atom stereocenters. The molecule has 2 aromatic rings. The molecule has 3 saturated heterocycles. The minimum Gasteiger partial charge on any atom is -0.396 e. The third-order valence-corrected chi connectivity index (χ3v) is 7.41. The minimum atomic E-state index is -1.10. The zero-order valence-electron chi connectivity index (χ0n) is 18.4. The summed E-state index contributed by atoms with van der Waals surface area (Å²) in [6.07, 6.45) is 0.961. The van der Waals surface area contributed by atoms with Crippen LogP contribution in [0.3, 0.4) is 0 Å². The fourth-order valence-corrected chi connectivity index (χ4v) is 5.93. The summed E-state index contributed by atoms with van der Waals surface area (Å²) in [5.41, 5.74) is -0.0178. The molecule has 3 heterocycles. The van der Waals surface area contributed by atoms with Gasteiger partial charge in [0.1, 0.15) is 11.6 Å². The maximum absolute atomic E-state index is 13.7. The molecule has 8 nitrogen and oxygen atoms in total. The van der Waals surface area contributed by atoms with Crippen molar-refractivity contribution in [1.29, 1.82) is 0 Å². The first-order valence-electron chi connectivity index (χ1n) is 11.5. The third-order valence-electron chi connectivity index (χ3n) is 7.08. The first kappa shape index (κ1) is 22.8. The number of nitrogens with one attached hydrogen (secondary N) is 2. The lowest BCUT2D eigenvalue weighted by atomic mass is 9.70. The smallest absolute Gasteiger partial charge is 0.250 e. The molecule has 3 N–H and O–H groups in total. The zero-order chi connectivity index (χ0) is 23.9. The second-order valence-corrected chi connectivity index (χ2v) is 9.40. The number of nitrogens with zero attached hydrogens (tertiary/aromatic N) is 1. The molecule has 2 aromatic carbocycles. The third kappa shape index (κ3) is 3.66. The Hall–Kier alpha value is -2.94. The molecule has 9 heteroatoms. The van der Waals surface area contributed by atoms with Gasteiger partial charge in [-0.3, -0.25) is 14.4 Å². The molecule has 3 amide bonds. The summed E-state index contributed by atoms with van der Waals surface area (Å²) in [4.78, 5) is 42.0. The first-order valence-corrected chi connectivity index (χ1v) is 11.8.